The molecular weight excluding hydrogens is 480 g/mol. The van der Waals surface area contributed by atoms with E-state index in [-0.39, 0.29) is 36.5 Å². The molecule has 0 spiro atoms. The predicted octanol–water partition coefficient (Wildman–Crippen LogP) is 3.48. The summed E-state index contributed by atoms with van der Waals surface area (Å²) in [7, 11) is 1.57. The van der Waals surface area contributed by atoms with Crippen molar-refractivity contribution in [1.29, 1.82) is 10.8 Å². The van der Waals surface area contributed by atoms with Crippen LogP contribution in [-0.2, 0) is 9.59 Å². The molecule has 4 rings (SSSR count). The van der Waals surface area contributed by atoms with Gasteiger partial charge < -0.3 is 15.0 Å². The van der Waals surface area contributed by atoms with Gasteiger partial charge in [0.2, 0.25) is 11.8 Å². The maximum atomic E-state index is 12.9. The van der Waals surface area contributed by atoms with E-state index < -0.39 is 6.04 Å². The third kappa shape index (κ3) is 5.41. The number of aliphatic imine (C=N–C) groups is 1. The van der Waals surface area contributed by atoms with Gasteiger partial charge in [-0.25, -0.2) is 0 Å². The quantitative estimate of drug-likeness (QED) is 0.408. The third-order valence-corrected chi connectivity index (χ3v) is 6.52. The zero-order valence-corrected chi connectivity index (χ0v) is 21.1. The van der Waals surface area contributed by atoms with Crippen molar-refractivity contribution in [1.82, 2.24) is 10.2 Å². The summed E-state index contributed by atoms with van der Waals surface area (Å²) >= 11 is 6.11. The highest BCUT2D eigenvalue weighted by Crippen LogP contribution is 2.33. The van der Waals surface area contributed by atoms with Crippen molar-refractivity contribution in [3.63, 3.8) is 0 Å². The van der Waals surface area contributed by atoms with Crippen molar-refractivity contribution in [2.45, 2.75) is 32.2 Å². The number of hydrogen-bond acceptors (Lipinski definition) is 6. The van der Waals surface area contributed by atoms with E-state index in [0.29, 0.717) is 40.8 Å². The molecule has 3 N–H and O–H groups in total. The van der Waals surface area contributed by atoms with Crippen LogP contribution in [0.4, 0.5) is 5.69 Å². The first-order valence-corrected chi connectivity index (χ1v) is 12.2. The molecule has 2 aliphatic rings. The lowest BCUT2D eigenvalue weighted by molar-refractivity contribution is -0.132. The summed E-state index contributed by atoms with van der Waals surface area (Å²) < 4.78 is 5.43. The van der Waals surface area contributed by atoms with Gasteiger partial charge in [-0.2, -0.15) is 0 Å². The van der Waals surface area contributed by atoms with Crippen molar-refractivity contribution in [3.05, 3.63) is 58.6 Å². The van der Waals surface area contributed by atoms with E-state index in [1.807, 2.05) is 18.2 Å². The fourth-order valence-electron chi connectivity index (χ4n) is 4.43. The van der Waals surface area contributed by atoms with Crippen molar-refractivity contribution in [2.24, 2.45) is 4.99 Å². The predicted molar refractivity (Wildman–Crippen MR) is 141 cm³/mol. The van der Waals surface area contributed by atoms with Crippen LogP contribution in [0.1, 0.15) is 37.3 Å². The van der Waals surface area contributed by atoms with Crippen LogP contribution >= 0.6 is 11.6 Å². The molecule has 36 heavy (non-hydrogen) atoms. The molecular formula is C26H29ClN6O3. The second-order valence-corrected chi connectivity index (χ2v) is 9.19. The Morgan fingerprint density at radius 3 is 2.50 bits per heavy atom. The third-order valence-electron chi connectivity index (χ3n) is 6.27. The van der Waals surface area contributed by atoms with E-state index in [2.05, 4.69) is 5.32 Å². The standard InChI is InChI=1S/C26H29ClN6O3/c1-16(28)33-22-10-9-19(36-2)13-20(22)25(17-5-7-18(27)8-6-17)31-21(26(33)29)14-23(34)30-15-24(35)32-11-3-4-12-32/h5-10,13,21,28-29H,3-4,11-12,14-15H2,1-2H3,(H,30,34). The van der Waals surface area contributed by atoms with Gasteiger partial charge in [0.25, 0.3) is 0 Å². The van der Waals surface area contributed by atoms with E-state index in [0.717, 1.165) is 18.4 Å². The van der Waals surface area contributed by atoms with Gasteiger partial charge in [-0.15, -0.1) is 0 Å². The van der Waals surface area contributed by atoms with Crippen molar-refractivity contribution >= 4 is 46.5 Å². The average molecular weight is 509 g/mol. The number of amides is 2. The molecule has 0 aromatic heterocycles. The summed E-state index contributed by atoms with van der Waals surface area (Å²) in [5.74, 6) is 0.217. The molecule has 10 heteroatoms. The molecule has 188 valence electrons. The first-order chi connectivity index (χ1) is 17.3. The van der Waals surface area contributed by atoms with Gasteiger partial charge in [-0.1, -0.05) is 23.7 Å². The Morgan fingerprint density at radius 1 is 1.17 bits per heavy atom. The number of carbonyl (C=O) groups excluding carboxylic acids is 2. The number of nitrogens with one attached hydrogen (secondary N) is 3. The van der Waals surface area contributed by atoms with E-state index >= 15 is 0 Å². The summed E-state index contributed by atoms with van der Waals surface area (Å²) in [6, 6.07) is 11.6. The highest BCUT2D eigenvalue weighted by atomic mass is 35.5. The molecule has 2 heterocycles. The molecule has 0 radical (unpaired) electrons. The Balaban J connectivity index is 1.69. The van der Waals surface area contributed by atoms with Crippen molar-refractivity contribution in [3.8, 4) is 5.75 Å². The lowest BCUT2D eigenvalue weighted by Crippen LogP contribution is -2.44. The molecule has 1 unspecified atom stereocenters. The maximum Gasteiger partial charge on any atom is 0.241 e. The van der Waals surface area contributed by atoms with Gasteiger partial charge in [0.1, 0.15) is 23.5 Å². The highest BCUT2D eigenvalue weighted by Gasteiger charge is 2.32. The molecule has 0 bridgehead atoms. The number of benzene rings is 2. The summed E-state index contributed by atoms with van der Waals surface area (Å²) in [5.41, 5.74) is 2.56. The number of amidine groups is 2. The number of hydrogen-bond donors (Lipinski definition) is 3. The summed E-state index contributed by atoms with van der Waals surface area (Å²) in [6.07, 6.45) is 1.81. The summed E-state index contributed by atoms with van der Waals surface area (Å²) in [6.45, 7) is 2.93. The molecule has 2 aromatic carbocycles. The van der Waals surface area contributed by atoms with Gasteiger partial charge in [-0.3, -0.25) is 30.3 Å². The Kier molecular flexibility index (Phi) is 7.69. The number of benzodiazepines with no additional fused rings is 1. The van der Waals surface area contributed by atoms with Gasteiger partial charge >= 0.3 is 0 Å². The number of halogens is 1. The smallest absolute Gasteiger partial charge is 0.241 e. The van der Waals surface area contributed by atoms with E-state index in [9.17, 15) is 9.59 Å². The van der Waals surface area contributed by atoms with Crippen LogP contribution in [0.2, 0.25) is 5.02 Å². The van der Waals surface area contributed by atoms with Crippen LogP contribution in [-0.4, -0.2) is 66.9 Å². The van der Waals surface area contributed by atoms with Crippen LogP contribution in [0.15, 0.2) is 47.5 Å². The monoisotopic (exact) mass is 508 g/mol. The first kappa shape index (κ1) is 25.4. The minimum Gasteiger partial charge on any atom is -0.497 e. The number of fused-ring (bicyclic) bond motifs is 1. The highest BCUT2D eigenvalue weighted by molar-refractivity contribution is 6.31. The molecule has 2 amide bonds. The van der Waals surface area contributed by atoms with Crippen molar-refractivity contribution < 1.29 is 14.3 Å². The Morgan fingerprint density at radius 2 is 1.86 bits per heavy atom. The second-order valence-electron chi connectivity index (χ2n) is 8.76. The first-order valence-electron chi connectivity index (χ1n) is 11.8. The SMILES string of the molecule is COc1ccc2c(c1)C(c1ccc(Cl)cc1)=NC(CC(=O)NCC(=O)N1CCCC1)C(=N)N2C(C)=N. The molecule has 1 fully saturated rings. The number of rotatable bonds is 6. The molecule has 9 nitrogen and oxygen atoms in total. The molecule has 2 aromatic rings. The number of nitrogens with zero attached hydrogens (tertiary/aromatic N) is 3. The lowest BCUT2D eigenvalue weighted by atomic mass is 9.99. The molecule has 1 saturated heterocycles. The fourth-order valence-corrected chi connectivity index (χ4v) is 4.56. The Bertz CT molecular complexity index is 1220. The zero-order valence-electron chi connectivity index (χ0n) is 20.3. The van der Waals surface area contributed by atoms with Gasteiger partial charge in [0.05, 0.1) is 31.5 Å². The number of ether oxygens (including phenoxy) is 1. The minimum atomic E-state index is -0.878. The largest absolute Gasteiger partial charge is 0.497 e. The number of methoxy groups -OCH3 is 1. The Labute approximate surface area is 215 Å². The van der Waals surface area contributed by atoms with E-state index in [4.69, 9.17) is 32.1 Å². The maximum absolute atomic E-state index is 12.9. The van der Waals surface area contributed by atoms with Gasteiger partial charge in [0, 0.05) is 29.2 Å². The normalized spacial score (nSPS) is 17.2. The van der Waals surface area contributed by atoms with Gasteiger partial charge in [0.15, 0.2) is 0 Å². The molecule has 0 saturated carbocycles. The van der Waals surface area contributed by atoms with E-state index in [1.165, 1.54) is 4.90 Å². The lowest BCUT2D eigenvalue weighted by Gasteiger charge is -2.26. The van der Waals surface area contributed by atoms with Crippen LogP contribution in [0.3, 0.4) is 0 Å². The molecule has 2 aliphatic heterocycles. The second kappa shape index (κ2) is 10.9. The van der Waals surface area contributed by atoms with E-state index in [1.54, 1.807) is 43.2 Å². The molecule has 0 aliphatic carbocycles. The number of likely N-dealkylation sites (tertiary alicyclic amines) is 1. The van der Waals surface area contributed by atoms with Gasteiger partial charge in [-0.05, 0) is 50.1 Å². The number of carbonyl (C=O) groups is 2. The summed E-state index contributed by atoms with van der Waals surface area (Å²) in [4.78, 5) is 33.3. The topological polar surface area (TPSA) is 122 Å². The van der Waals surface area contributed by atoms with Crippen molar-refractivity contribution in [2.75, 3.05) is 31.6 Å². The van der Waals surface area contributed by atoms with Crippen LogP contribution < -0.4 is 15.0 Å². The van der Waals surface area contributed by atoms with Crippen LogP contribution in [0, 0.1) is 10.8 Å². The van der Waals surface area contributed by atoms with Crippen LogP contribution in [0.5, 0.6) is 5.75 Å². The van der Waals surface area contributed by atoms with Crippen LogP contribution in [0.25, 0.3) is 0 Å². The minimum absolute atomic E-state index is 0.00102. The summed E-state index contributed by atoms with van der Waals surface area (Å²) in [5, 5.41) is 20.5. The molecule has 1 atom stereocenters. The zero-order chi connectivity index (χ0) is 25.8. The Hall–Kier alpha value is -3.72. The fraction of sp³-hybridized carbons (Fsp3) is 0.346. The number of anilines is 1. The average Bonchev–Trinajstić information content (AvgIpc) is 3.37.